The summed E-state index contributed by atoms with van der Waals surface area (Å²) in [5.74, 6) is 2.45. The zero-order valence-electron chi connectivity index (χ0n) is 13.5. The first-order valence-corrected chi connectivity index (χ1v) is 7.93. The van der Waals surface area contributed by atoms with Crippen LogP contribution in [-0.2, 0) is 0 Å². The molecule has 1 aromatic carbocycles. The summed E-state index contributed by atoms with van der Waals surface area (Å²) in [4.78, 5) is 10.9. The molecule has 0 saturated carbocycles. The standard InChI is InChI=1S/C16H19Cl2N5/c1-10(2)16-20-14(8-15(21-16)23(3)4)22-19-9-11-5-6-12(17)7-13(11)18/h5-10H,1-4H3,(H,20,21,22)/b19-9+. The second-order valence-electron chi connectivity index (χ2n) is 5.55. The molecule has 122 valence electrons. The third kappa shape index (κ3) is 4.81. The normalized spacial score (nSPS) is 11.3. The summed E-state index contributed by atoms with van der Waals surface area (Å²) in [5.41, 5.74) is 3.70. The lowest BCUT2D eigenvalue weighted by Crippen LogP contribution is -2.13. The highest BCUT2D eigenvalue weighted by molar-refractivity contribution is 6.36. The Labute approximate surface area is 146 Å². The lowest BCUT2D eigenvalue weighted by atomic mass is 10.2. The number of rotatable bonds is 5. The first-order valence-electron chi connectivity index (χ1n) is 7.17. The topological polar surface area (TPSA) is 53.4 Å². The largest absolute Gasteiger partial charge is 0.363 e. The third-order valence-electron chi connectivity index (χ3n) is 3.05. The van der Waals surface area contributed by atoms with Crippen LogP contribution in [0.4, 0.5) is 11.6 Å². The number of aromatic nitrogens is 2. The van der Waals surface area contributed by atoms with E-state index in [2.05, 4.69) is 34.3 Å². The number of benzene rings is 1. The van der Waals surface area contributed by atoms with E-state index in [1.807, 2.05) is 25.1 Å². The van der Waals surface area contributed by atoms with E-state index >= 15 is 0 Å². The lowest BCUT2D eigenvalue weighted by molar-refractivity contribution is 0.771. The van der Waals surface area contributed by atoms with Gasteiger partial charge < -0.3 is 4.90 Å². The van der Waals surface area contributed by atoms with Gasteiger partial charge in [-0.3, -0.25) is 5.43 Å². The molecule has 0 aliphatic heterocycles. The number of hydrogen-bond acceptors (Lipinski definition) is 5. The van der Waals surface area contributed by atoms with Crippen LogP contribution >= 0.6 is 23.2 Å². The van der Waals surface area contributed by atoms with Gasteiger partial charge in [0, 0.05) is 36.7 Å². The fraction of sp³-hybridized carbons (Fsp3) is 0.312. The maximum atomic E-state index is 6.11. The van der Waals surface area contributed by atoms with E-state index in [1.165, 1.54) is 0 Å². The molecule has 0 unspecified atom stereocenters. The Bertz CT molecular complexity index is 687. The van der Waals surface area contributed by atoms with Crippen LogP contribution in [0.5, 0.6) is 0 Å². The molecule has 0 aliphatic carbocycles. The SMILES string of the molecule is CC(C)c1nc(N/N=C/c2ccc(Cl)cc2Cl)cc(N(C)C)n1. The van der Waals surface area contributed by atoms with E-state index in [0.717, 1.165) is 17.2 Å². The highest BCUT2D eigenvalue weighted by Gasteiger charge is 2.09. The number of anilines is 2. The molecule has 0 fully saturated rings. The number of hydrogen-bond donors (Lipinski definition) is 1. The summed E-state index contributed by atoms with van der Waals surface area (Å²) in [6, 6.07) is 7.09. The van der Waals surface area contributed by atoms with Crippen molar-refractivity contribution in [2.45, 2.75) is 19.8 Å². The van der Waals surface area contributed by atoms with Crippen molar-refractivity contribution < 1.29 is 0 Å². The van der Waals surface area contributed by atoms with Gasteiger partial charge in [-0.15, -0.1) is 0 Å². The molecule has 0 amide bonds. The van der Waals surface area contributed by atoms with Gasteiger partial charge in [0.2, 0.25) is 0 Å². The van der Waals surface area contributed by atoms with E-state index in [-0.39, 0.29) is 5.92 Å². The minimum Gasteiger partial charge on any atom is -0.363 e. The van der Waals surface area contributed by atoms with Crippen molar-refractivity contribution in [2.75, 3.05) is 24.4 Å². The van der Waals surface area contributed by atoms with Gasteiger partial charge in [0.05, 0.1) is 11.2 Å². The molecule has 1 aromatic heterocycles. The summed E-state index contributed by atoms with van der Waals surface area (Å²) in [6.07, 6.45) is 1.63. The van der Waals surface area contributed by atoms with Crippen molar-refractivity contribution >= 4 is 41.1 Å². The number of halogens is 2. The highest BCUT2D eigenvalue weighted by Crippen LogP contribution is 2.20. The second-order valence-corrected chi connectivity index (χ2v) is 6.40. The molecule has 1 N–H and O–H groups in total. The molecule has 2 rings (SSSR count). The lowest BCUT2D eigenvalue weighted by Gasteiger charge is -2.15. The van der Waals surface area contributed by atoms with Crippen LogP contribution in [0.1, 0.15) is 31.2 Å². The summed E-state index contributed by atoms with van der Waals surface area (Å²) < 4.78 is 0. The van der Waals surface area contributed by atoms with Crippen molar-refractivity contribution in [3.05, 3.63) is 45.7 Å². The van der Waals surface area contributed by atoms with Crippen LogP contribution in [0.25, 0.3) is 0 Å². The minimum absolute atomic E-state index is 0.227. The zero-order chi connectivity index (χ0) is 17.0. The van der Waals surface area contributed by atoms with E-state index in [9.17, 15) is 0 Å². The second kappa shape index (κ2) is 7.62. The monoisotopic (exact) mass is 351 g/mol. The maximum absolute atomic E-state index is 6.11. The average Bonchev–Trinajstić information content (AvgIpc) is 2.49. The highest BCUT2D eigenvalue weighted by atomic mass is 35.5. The fourth-order valence-corrected chi connectivity index (χ4v) is 2.23. The predicted molar refractivity (Wildman–Crippen MR) is 98.1 cm³/mol. The van der Waals surface area contributed by atoms with Crippen LogP contribution in [-0.4, -0.2) is 30.3 Å². The number of hydrazone groups is 1. The third-order valence-corrected chi connectivity index (χ3v) is 3.61. The molecular weight excluding hydrogens is 333 g/mol. The summed E-state index contributed by atoms with van der Waals surface area (Å²) in [6.45, 7) is 4.10. The predicted octanol–water partition coefficient (Wildman–Crippen LogP) is 4.42. The van der Waals surface area contributed by atoms with Crippen molar-refractivity contribution in [3.63, 3.8) is 0 Å². The molecule has 1 heterocycles. The van der Waals surface area contributed by atoms with Gasteiger partial charge in [-0.25, -0.2) is 9.97 Å². The van der Waals surface area contributed by atoms with E-state index in [4.69, 9.17) is 23.2 Å². The van der Waals surface area contributed by atoms with Gasteiger partial charge in [0.15, 0.2) is 5.82 Å². The van der Waals surface area contributed by atoms with Crippen molar-refractivity contribution in [3.8, 4) is 0 Å². The Morgan fingerprint density at radius 2 is 1.91 bits per heavy atom. The Morgan fingerprint density at radius 1 is 1.17 bits per heavy atom. The number of nitrogens with zero attached hydrogens (tertiary/aromatic N) is 4. The Hall–Kier alpha value is -1.85. The first-order chi connectivity index (χ1) is 10.9. The molecule has 0 saturated heterocycles. The molecule has 0 radical (unpaired) electrons. The van der Waals surface area contributed by atoms with Gasteiger partial charge in [-0.2, -0.15) is 5.10 Å². The molecule has 0 bridgehead atoms. The molecule has 0 atom stereocenters. The van der Waals surface area contributed by atoms with Gasteiger partial charge in [0.25, 0.3) is 0 Å². The summed E-state index contributed by atoms with van der Waals surface area (Å²) in [7, 11) is 3.87. The Balaban J connectivity index is 2.20. The van der Waals surface area contributed by atoms with Crippen LogP contribution in [0, 0.1) is 0 Å². The summed E-state index contributed by atoms with van der Waals surface area (Å²) >= 11 is 12.0. The summed E-state index contributed by atoms with van der Waals surface area (Å²) in [5, 5.41) is 5.33. The van der Waals surface area contributed by atoms with E-state index in [1.54, 1.807) is 24.4 Å². The van der Waals surface area contributed by atoms with Crippen LogP contribution in [0.3, 0.4) is 0 Å². The average molecular weight is 352 g/mol. The molecule has 7 heteroatoms. The maximum Gasteiger partial charge on any atom is 0.152 e. The Morgan fingerprint density at radius 3 is 2.52 bits per heavy atom. The van der Waals surface area contributed by atoms with E-state index in [0.29, 0.717) is 15.9 Å². The van der Waals surface area contributed by atoms with Crippen molar-refractivity contribution in [2.24, 2.45) is 5.10 Å². The molecule has 23 heavy (non-hydrogen) atoms. The smallest absolute Gasteiger partial charge is 0.152 e. The van der Waals surface area contributed by atoms with Gasteiger partial charge in [-0.05, 0) is 12.1 Å². The molecule has 5 nitrogen and oxygen atoms in total. The van der Waals surface area contributed by atoms with E-state index < -0.39 is 0 Å². The Kier molecular flexibility index (Phi) is 5.80. The minimum atomic E-state index is 0.227. The quantitative estimate of drug-likeness (QED) is 0.639. The molecular formula is C16H19Cl2N5. The fourth-order valence-electron chi connectivity index (χ4n) is 1.77. The van der Waals surface area contributed by atoms with Crippen LogP contribution < -0.4 is 10.3 Å². The first kappa shape index (κ1) is 17.5. The number of nitrogens with one attached hydrogen (secondary N) is 1. The van der Waals surface area contributed by atoms with Gasteiger partial charge >= 0.3 is 0 Å². The van der Waals surface area contributed by atoms with Crippen molar-refractivity contribution in [1.82, 2.24) is 9.97 Å². The molecule has 2 aromatic rings. The zero-order valence-corrected chi connectivity index (χ0v) is 15.0. The van der Waals surface area contributed by atoms with Gasteiger partial charge in [-0.1, -0.05) is 43.1 Å². The van der Waals surface area contributed by atoms with Crippen molar-refractivity contribution in [1.29, 1.82) is 0 Å². The molecule has 0 aliphatic rings. The molecule has 0 spiro atoms. The van der Waals surface area contributed by atoms with Crippen LogP contribution in [0.15, 0.2) is 29.4 Å². The van der Waals surface area contributed by atoms with Gasteiger partial charge in [0.1, 0.15) is 11.6 Å². The van der Waals surface area contributed by atoms with Crippen LogP contribution in [0.2, 0.25) is 10.0 Å².